The monoisotopic (exact) mass is 222 g/mol. The summed E-state index contributed by atoms with van der Waals surface area (Å²) in [6.45, 7) is -3.10. The van der Waals surface area contributed by atoms with E-state index in [4.69, 9.17) is 4.52 Å². The number of hydrogen-bond acceptors (Lipinski definition) is 3. The minimum absolute atomic E-state index is 0.505. The van der Waals surface area contributed by atoms with Crippen LogP contribution in [0.2, 0.25) is 0 Å². The van der Waals surface area contributed by atoms with Crippen LogP contribution in [0.25, 0.3) is 0 Å². The highest BCUT2D eigenvalue weighted by molar-refractivity contribution is 8.08. The lowest BCUT2D eigenvalue weighted by molar-refractivity contribution is 0.399. The molecule has 0 radical (unpaired) electrons. The van der Waals surface area contributed by atoms with E-state index in [1.807, 2.05) is 15.5 Å². The maximum atomic E-state index is 9.24. The van der Waals surface area contributed by atoms with Gasteiger partial charge in [-0.15, -0.1) is 0 Å². The van der Waals surface area contributed by atoms with Crippen LogP contribution in [0.3, 0.4) is 0 Å². The van der Waals surface area contributed by atoms with Crippen molar-refractivity contribution in [3.63, 3.8) is 0 Å². The number of para-hydroxylation sites is 1. The molecule has 0 fully saturated rings. The van der Waals surface area contributed by atoms with Crippen molar-refractivity contribution >= 4 is 28.0 Å². The molecule has 0 aromatic heterocycles. The zero-order valence-corrected chi connectivity index (χ0v) is 8.95. The predicted molar refractivity (Wildman–Crippen MR) is 54.4 cm³/mol. The van der Waals surface area contributed by atoms with E-state index in [1.54, 1.807) is 24.3 Å². The first-order chi connectivity index (χ1) is 5.64. The Balaban J connectivity index is 2.71. The molecule has 0 bridgehead atoms. The van der Waals surface area contributed by atoms with E-state index >= 15 is 0 Å². The second kappa shape index (κ2) is 4.31. The van der Waals surface area contributed by atoms with Gasteiger partial charge >= 0.3 is 6.72 Å². The van der Waals surface area contributed by atoms with E-state index in [1.165, 1.54) is 0 Å². The van der Waals surface area contributed by atoms with Gasteiger partial charge in [0.25, 0.3) is 0 Å². The molecule has 3 nitrogen and oxygen atoms in total. The predicted octanol–water partition coefficient (Wildman–Crippen LogP) is 2.09. The Kier molecular flexibility index (Phi) is 3.63. The van der Waals surface area contributed by atoms with Gasteiger partial charge in [-0.2, -0.15) is 0 Å². The van der Waals surface area contributed by atoms with E-state index in [9.17, 15) is 4.89 Å². The Hall–Kier alpha value is 0.0200. The SMILES string of the molecule is OP(=S)(OP)Oc1ccccc1. The van der Waals surface area contributed by atoms with Crippen molar-refractivity contribution in [1.29, 1.82) is 0 Å². The van der Waals surface area contributed by atoms with Gasteiger partial charge in [0.05, 0.1) is 0 Å². The second-order valence-corrected chi connectivity index (χ2v) is 5.33. The summed E-state index contributed by atoms with van der Waals surface area (Å²) in [7, 11) is 1.89. The van der Waals surface area contributed by atoms with Crippen molar-refractivity contribution in [2.75, 3.05) is 0 Å². The van der Waals surface area contributed by atoms with Gasteiger partial charge in [-0.1, -0.05) is 18.2 Å². The molecule has 1 aromatic rings. The summed E-state index contributed by atoms with van der Waals surface area (Å²) < 4.78 is 9.51. The molecule has 12 heavy (non-hydrogen) atoms. The average molecular weight is 222 g/mol. The van der Waals surface area contributed by atoms with Crippen molar-refractivity contribution in [2.24, 2.45) is 0 Å². The normalized spacial score (nSPS) is 15.2. The average Bonchev–Trinajstić information content (AvgIpc) is 2.06. The molecular weight excluding hydrogens is 214 g/mol. The van der Waals surface area contributed by atoms with Gasteiger partial charge < -0.3 is 9.42 Å². The molecule has 0 aliphatic carbocycles. The Morgan fingerprint density at radius 3 is 2.42 bits per heavy atom. The molecule has 2 atom stereocenters. The highest BCUT2D eigenvalue weighted by Crippen LogP contribution is 2.45. The first-order valence-electron chi connectivity index (χ1n) is 3.10. The largest absolute Gasteiger partial charge is 0.424 e. The molecule has 1 rings (SSSR count). The molecule has 66 valence electrons. The van der Waals surface area contributed by atoms with Crippen LogP contribution in [0.1, 0.15) is 0 Å². The number of hydrogen-bond donors (Lipinski definition) is 1. The smallest absolute Gasteiger partial charge is 0.380 e. The summed E-state index contributed by atoms with van der Waals surface area (Å²) in [6, 6.07) is 8.80. The Morgan fingerprint density at radius 2 is 1.92 bits per heavy atom. The van der Waals surface area contributed by atoms with Crippen LogP contribution in [0.4, 0.5) is 0 Å². The van der Waals surface area contributed by atoms with E-state index in [0.717, 1.165) is 0 Å². The lowest BCUT2D eigenvalue weighted by Gasteiger charge is -2.12. The third-order valence-corrected chi connectivity index (χ3v) is 3.60. The van der Waals surface area contributed by atoms with Crippen molar-refractivity contribution in [3.8, 4) is 5.75 Å². The van der Waals surface area contributed by atoms with E-state index in [0.29, 0.717) is 5.75 Å². The molecule has 0 aliphatic heterocycles. The topological polar surface area (TPSA) is 38.7 Å². The summed E-state index contributed by atoms with van der Waals surface area (Å²) in [5.74, 6) is 0.505. The maximum Gasteiger partial charge on any atom is 0.380 e. The van der Waals surface area contributed by atoms with Gasteiger partial charge in [-0.05, 0) is 12.1 Å². The third kappa shape index (κ3) is 3.18. The first-order valence-corrected chi connectivity index (χ1v) is 6.16. The first kappa shape index (κ1) is 10.1. The fraction of sp³-hybridized carbons (Fsp3) is 0. The van der Waals surface area contributed by atoms with Gasteiger partial charge in [0, 0.05) is 21.3 Å². The highest BCUT2D eigenvalue weighted by atomic mass is 32.5. The molecule has 0 amide bonds. The Labute approximate surface area is 78.2 Å². The van der Waals surface area contributed by atoms with Crippen LogP contribution in [-0.2, 0) is 16.1 Å². The molecule has 0 aliphatic rings. The van der Waals surface area contributed by atoms with Gasteiger partial charge in [0.1, 0.15) is 5.75 Å². The lowest BCUT2D eigenvalue weighted by Crippen LogP contribution is -1.89. The molecule has 0 saturated heterocycles. The van der Waals surface area contributed by atoms with E-state index in [2.05, 4.69) is 16.1 Å². The minimum atomic E-state index is -3.10. The Morgan fingerprint density at radius 1 is 1.33 bits per heavy atom. The van der Waals surface area contributed by atoms with Crippen LogP contribution in [0.5, 0.6) is 5.75 Å². The van der Waals surface area contributed by atoms with Gasteiger partial charge in [0.15, 0.2) is 0 Å². The van der Waals surface area contributed by atoms with Gasteiger partial charge in [0.2, 0.25) is 0 Å². The van der Waals surface area contributed by atoms with Crippen LogP contribution < -0.4 is 4.52 Å². The van der Waals surface area contributed by atoms with Crippen LogP contribution >= 0.6 is 16.2 Å². The molecule has 0 saturated carbocycles. The number of benzene rings is 1. The summed E-state index contributed by atoms with van der Waals surface area (Å²) in [5, 5.41) is 0. The second-order valence-electron chi connectivity index (χ2n) is 1.98. The maximum absolute atomic E-state index is 9.24. The van der Waals surface area contributed by atoms with Crippen LogP contribution in [-0.4, -0.2) is 4.89 Å². The standard InChI is InChI=1S/C6H8O3P2S/c7-11(12,9-10)8-6-4-2-1-3-5-6/h1-5H,10H2,(H,7,12). The zero-order chi connectivity index (χ0) is 9.03. The quantitative estimate of drug-likeness (QED) is 0.795. The van der Waals surface area contributed by atoms with E-state index < -0.39 is 6.72 Å². The van der Waals surface area contributed by atoms with Crippen molar-refractivity contribution in [1.82, 2.24) is 0 Å². The van der Waals surface area contributed by atoms with Crippen LogP contribution in [0.15, 0.2) is 30.3 Å². The van der Waals surface area contributed by atoms with Crippen molar-refractivity contribution in [3.05, 3.63) is 30.3 Å². The molecule has 2 unspecified atom stereocenters. The molecule has 0 heterocycles. The fourth-order valence-electron chi connectivity index (χ4n) is 0.636. The summed E-state index contributed by atoms with van der Waals surface area (Å²) in [6.07, 6.45) is 0. The summed E-state index contributed by atoms with van der Waals surface area (Å²) in [4.78, 5) is 9.24. The lowest BCUT2D eigenvalue weighted by atomic mass is 10.3. The summed E-state index contributed by atoms with van der Waals surface area (Å²) in [5.41, 5.74) is 0. The molecular formula is C6H8O3P2S. The zero-order valence-electron chi connectivity index (χ0n) is 6.08. The van der Waals surface area contributed by atoms with Crippen molar-refractivity contribution < 1.29 is 13.7 Å². The minimum Gasteiger partial charge on any atom is -0.424 e. The number of rotatable bonds is 3. The van der Waals surface area contributed by atoms with Gasteiger partial charge in [-0.25, -0.2) is 0 Å². The Bertz CT molecular complexity index is 290. The molecule has 1 N–H and O–H groups in total. The molecule has 0 spiro atoms. The van der Waals surface area contributed by atoms with Crippen LogP contribution in [0, 0.1) is 0 Å². The third-order valence-electron chi connectivity index (χ3n) is 1.10. The van der Waals surface area contributed by atoms with Gasteiger partial charge in [-0.3, -0.25) is 4.31 Å². The van der Waals surface area contributed by atoms with E-state index in [-0.39, 0.29) is 0 Å². The molecule has 1 aromatic carbocycles. The fourth-order valence-corrected chi connectivity index (χ4v) is 1.45. The summed E-state index contributed by atoms with van der Waals surface area (Å²) >= 11 is 4.63. The van der Waals surface area contributed by atoms with Crippen molar-refractivity contribution in [2.45, 2.75) is 0 Å². The highest BCUT2D eigenvalue weighted by Gasteiger charge is 2.13. The molecule has 6 heteroatoms.